The molecule has 1 aromatic carbocycles. The van der Waals surface area contributed by atoms with Gasteiger partial charge in [0.05, 0.1) is 11.7 Å². The number of carbonyl (C=O) groups excluding carboxylic acids is 1. The zero-order valence-electron chi connectivity index (χ0n) is 11.4. The summed E-state index contributed by atoms with van der Waals surface area (Å²) in [5, 5.41) is 1.67. The first-order chi connectivity index (χ1) is 9.70. The molecular weight excluding hydrogens is 254 g/mol. The molecule has 0 bridgehead atoms. The second-order valence-electron chi connectivity index (χ2n) is 5.00. The fraction of sp³-hybridized carbons (Fsp3) is 0.333. The molecule has 1 aromatic heterocycles. The first kappa shape index (κ1) is 12.9. The van der Waals surface area contributed by atoms with Gasteiger partial charge in [0.2, 0.25) is 0 Å². The molecule has 2 aromatic rings. The molecule has 1 saturated heterocycles. The molecule has 1 fully saturated rings. The van der Waals surface area contributed by atoms with Crippen molar-refractivity contribution in [1.29, 1.82) is 0 Å². The molecule has 104 valence electrons. The van der Waals surface area contributed by atoms with Crippen molar-refractivity contribution in [2.75, 3.05) is 25.9 Å². The van der Waals surface area contributed by atoms with Crippen LogP contribution >= 0.6 is 0 Å². The highest BCUT2D eigenvalue weighted by Gasteiger charge is 2.27. The number of nitrogens with two attached hydrogens (primary N) is 1. The van der Waals surface area contributed by atoms with Crippen molar-refractivity contribution in [3.63, 3.8) is 0 Å². The van der Waals surface area contributed by atoms with Crippen LogP contribution in [0.4, 0.5) is 5.82 Å². The quantitative estimate of drug-likeness (QED) is 0.902. The summed E-state index contributed by atoms with van der Waals surface area (Å²) in [6.45, 7) is 1.35. The van der Waals surface area contributed by atoms with Crippen molar-refractivity contribution < 1.29 is 9.53 Å². The third-order valence-electron chi connectivity index (χ3n) is 3.82. The highest BCUT2D eigenvalue weighted by Crippen LogP contribution is 2.24. The molecule has 0 aliphatic carbocycles. The number of fused-ring (bicyclic) bond motifs is 1. The van der Waals surface area contributed by atoms with Crippen LogP contribution in [0.2, 0.25) is 0 Å². The van der Waals surface area contributed by atoms with Gasteiger partial charge in [-0.3, -0.25) is 4.79 Å². The summed E-state index contributed by atoms with van der Waals surface area (Å²) in [7, 11) is 1.68. The van der Waals surface area contributed by atoms with Crippen LogP contribution in [-0.4, -0.2) is 42.1 Å². The summed E-state index contributed by atoms with van der Waals surface area (Å²) < 4.78 is 5.30. The second kappa shape index (κ2) is 5.09. The van der Waals surface area contributed by atoms with E-state index < -0.39 is 0 Å². The predicted octanol–water partition coefficient (Wildman–Crippen LogP) is 1.68. The van der Waals surface area contributed by atoms with E-state index in [0.29, 0.717) is 17.9 Å². The molecule has 1 aliphatic rings. The monoisotopic (exact) mass is 271 g/mol. The average Bonchev–Trinajstić information content (AvgIpc) is 2.96. The molecule has 5 nitrogen and oxygen atoms in total. The molecule has 1 atom stereocenters. The number of hydrogen-bond donors (Lipinski definition) is 1. The van der Waals surface area contributed by atoms with Gasteiger partial charge in [0, 0.05) is 31.8 Å². The van der Waals surface area contributed by atoms with Crippen molar-refractivity contribution in [1.82, 2.24) is 9.88 Å². The van der Waals surface area contributed by atoms with E-state index in [1.165, 1.54) is 0 Å². The number of nitrogens with zero attached hydrogens (tertiary/aromatic N) is 2. The number of likely N-dealkylation sites (tertiary alicyclic amines) is 1. The first-order valence-corrected chi connectivity index (χ1v) is 6.66. The van der Waals surface area contributed by atoms with Gasteiger partial charge in [-0.05, 0) is 11.8 Å². The molecule has 20 heavy (non-hydrogen) atoms. The summed E-state index contributed by atoms with van der Waals surface area (Å²) in [6.07, 6.45) is 2.58. The van der Waals surface area contributed by atoms with Crippen LogP contribution in [0.5, 0.6) is 0 Å². The average molecular weight is 271 g/mol. The Morgan fingerprint density at radius 1 is 1.40 bits per heavy atom. The minimum Gasteiger partial charge on any atom is -0.383 e. The van der Waals surface area contributed by atoms with Gasteiger partial charge in [-0.1, -0.05) is 24.3 Å². The lowest BCUT2D eigenvalue weighted by atomic mass is 10.1. The van der Waals surface area contributed by atoms with Crippen LogP contribution in [-0.2, 0) is 4.74 Å². The van der Waals surface area contributed by atoms with E-state index in [4.69, 9.17) is 10.5 Å². The summed E-state index contributed by atoms with van der Waals surface area (Å²) in [6, 6.07) is 7.59. The standard InChI is InChI=1S/C15H17N3O2/c1-20-10-6-7-18(9-10)15(19)13-8-17-14(16)12-5-3-2-4-11(12)13/h2-5,8,10H,6-7,9H2,1H3,(H2,16,17). The van der Waals surface area contributed by atoms with Gasteiger partial charge in [0.1, 0.15) is 5.82 Å². The van der Waals surface area contributed by atoms with Crippen molar-refractivity contribution in [3.05, 3.63) is 36.0 Å². The number of rotatable bonds is 2. The molecular formula is C15H17N3O2. The minimum atomic E-state index is -0.00625. The van der Waals surface area contributed by atoms with E-state index in [0.717, 1.165) is 23.7 Å². The number of ether oxygens (including phenoxy) is 1. The van der Waals surface area contributed by atoms with Crippen LogP contribution < -0.4 is 5.73 Å². The van der Waals surface area contributed by atoms with Crippen LogP contribution in [0, 0.1) is 0 Å². The van der Waals surface area contributed by atoms with Gasteiger partial charge >= 0.3 is 0 Å². The van der Waals surface area contributed by atoms with E-state index in [1.807, 2.05) is 29.2 Å². The Kier molecular flexibility index (Phi) is 3.28. The third kappa shape index (κ3) is 2.10. The largest absolute Gasteiger partial charge is 0.383 e. The Labute approximate surface area is 117 Å². The van der Waals surface area contributed by atoms with Crippen molar-refractivity contribution in [2.24, 2.45) is 0 Å². The summed E-state index contributed by atoms with van der Waals surface area (Å²) in [5.41, 5.74) is 6.47. The predicted molar refractivity (Wildman–Crippen MR) is 77.5 cm³/mol. The maximum absolute atomic E-state index is 12.6. The minimum absolute atomic E-state index is 0.00625. The number of benzene rings is 1. The summed E-state index contributed by atoms with van der Waals surface area (Å²) >= 11 is 0. The van der Waals surface area contributed by atoms with E-state index in [2.05, 4.69) is 4.98 Å². The van der Waals surface area contributed by atoms with Crippen LogP contribution in [0.15, 0.2) is 30.5 Å². The van der Waals surface area contributed by atoms with E-state index >= 15 is 0 Å². The molecule has 3 rings (SSSR count). The number of nitrogen functional groups attached to an aromatic ring is 1. The maximum atomic E-state index is 12.6. The number of pyridine rings is 1. The second-order valence-corrected chi connectivity index (χ2v) is 5.00. The number of hydrogen-bond acceptors (Lipinski definition) is 4. The molecule has 1 amide bonds. The van der Waals surface area contributed by atoms with Crippen molar-refractivity contribution in [3.8, 4) is 0 Å². The molecule has 0 saturated carbocycles. The van der Waals surface area contributed by atoms with Crippen LogP contribution in [0.3, 0.4) is 0 Å². The lowest BCUT2D eigenvalue weighted by molar-refractivity contribution is 0.0725. The van der Waals surface area contributed by atoms with E-state index in [1.54, 1.807) is 13.3 Å². The topological polar surface area (TPSA) is 68.5 Å². The smallest absolute Gasteiger partial charge is 0.256 e. The Morgan fingerprint density at radius 2 is 2.15 bits per heavy atom. The molecule has 0 spiro atoms. The molecule has 2 N–H and O–H groups in total. The van der Waals surface area contributed by atoms with Crippen molar-refractivity contribution in [2.45, 2.75) is 12.5 Å². The number of aromatic nitrogens is 1. The van der Waals surface area contributed by atoms with Gasteiger partial charge in [0.15, 0.2) is 0 Å². The Morgan fingerprint density at radius 3 is 2.85 bits per heavy atom. The summed E-state index contributed by atoms with van der Waals surface area (Å²) in [5.74, 6) is 0.446. The van der Waals surface area contributed by atoms with E-state index in [-0.39, 0.29) is 12.0 Å². The van der Waals surface area contributed by atoms with Crippen molar-refractivity contribution >= 4 is 22.5 Å². The number of amides is 1. The number of carbonyl (C=O) groups is 1. The van der Waals surface area contributed by atoms with Gasteiger partial charge in [0.25, 0.3) is 5.91 Å². The van der Waals surface area contributed by atoms with Gasteiger partial charge in [-0.15, -0.1) is 0 Å². The molecule has 0 radical (unpaired) electrons. The van der Waals surface area contributed by atoms with Crippen LogP contribution in [0.1, 0.15) is 16.8 Å². The molecule has 1 aliphatic heterocycles. The third-order valence-corrected chi connectivity index (χ3v) is 3.82. The first-order valence-electron chi connectivity index (χ1n) is 6.66. The maximum Gasteiger partial charge on any atom is 0.256 e. The van der Waals surface area contributed by atoms with Gasteiger partial charge in [-0.25, -0.2) is 4.98 Å². The van der Waals surface area contributed by atoms with E-state index in [9.17, 15) is 4.79 Å². The van der Waals surface area contributed by atoms with Gasteiger partial charge in [-0.2, -0.15) is 0 Å². The number of methoxy groups -OCH3 is 1. The zero-order valence-corrected chi connectivity index (χ0v) is 11.4. The normalized spacial score (nSPS) is 18.6. The zero-order chi connectivity index (χ0) is 14.1. The highest BCUT2D eigenvalue weighted by atomic mass is 16.5. The SMILES string of the molecule is COC1CCN(C(=O)c2cnc(N)c3ccccc23)C1. The number of anilines is 1. The molecule has 5 heteroatoms. The molecule has 2 heterocycles. The van der Waals surface area contributed by atoms with Gasteiger partial charge < -0.3 is 15.4 Å². The summed E-state index contributed by atoms with van der Waals surface area (Å²) in [4.78, 5) is 18.6. The fourth-order valence-corrected chi connectivity index (χ4v) is 2.66. The highest BCUT2D eigenvalue weighted by molar-refractivity contribution is 6.09. The Balaban J connectivity index is 1.98. The Bertz CT molecular complexity index is 657. The fourth-order valence-electron chi connectivity index (χ4n) is 2.66. The molecule has 1 unspecified atom stereocenters. The Hall–Kier alpha value is -2.14. The van der Waals surface area contributed by atoms with Crippen LogP contribution in [0.25, 0.3) is 10.8 Å². The lowest BCUT2D eigenvalue weighted by Gasteiger charge is -2.17. The lowest BCUT2D eigenvalue weighted by Crippen LogP contribution is -2.30.